The molecular weight excluding hydrogens is 214 g/mol. The normalized spacial score (nSPS) is 10.8. The van der Waals surface area contributed by atoms with Crippen LogP contribution in [-0.2, 0) is 11.3 Å². The van der Waals surface area contributed by atoms with E-state index in [1.54, 1.807) is 7.11 Å². The first-order chi connectivity index (χ1) is 8.24. The van der Waals surface area contributed by atoms with E-state index in [9.17, 15) is 0 Å². The lowest BCUT2D eigenvalue weighted by atomic mass is 10.2. The van der Waals surface area contributed by atoms with E-state index in [1.165, 1.54) is 5.56 Å². The van der Waals surface area contributed by atoms with Crippen LogP contribution in [0.4, 0.5) is 0 Å². The second kappa shape index (κ2) is 8.09. The van der Waals surface area contributed by atoms with Gasteiger partial charge in [-0.2, -0.15) is 0 Å². The van der Waals surface area contributed by atoms with Gasteiger partial charge in [0.2, 0.25) is 0 Å². The predicted molar refractivity (Wildman–Crippen MR) is 70.4 cm³/mol. The van der Waals surface area contributed by atoms with Gasteiger partial charge in [-0.3, -0.25) is 0 Å². The maximum atomic E-state index is 5.78. The molecule has 0 saturated heterocycles. The van der Waals surface area contributed by atoms with E-state index in [1.807, 2.05) is 18.2 Å². The van der Waals surface area contributed by atoms with Crippen LogP contribution in [0.5, 0.6) is 5.75 Å². The summed E-state index contributed by atoms with van der Waals surface area (Å²) in [6.07, 6.45) is 0. The van der Waals surface area contributed by atoms with Crippen molar-refractivity contribution < 1.29 is 9.47 Å². The van der Waals surface area contributed by atoms with Crippen LogP contribution in [0.15, 0.2) is 24.3 Å². The molecule has 3 nitrogen and oxygen atoms in total. The molecule has 0 fully saturated rings. The zero-order valence-corrected chi connectivity index (χ0v) is 11.0. The number of methoxy groups -OCH3 is 1. The second-order valence-corrected chi connectivity index (χ2v) is 4.48. The lowest BCUT2D eigenvalue weighted by Crippen LogP contribution is -2.19. The van der Waals surface area contributed by atoms with E-state index < -0.39 is 0 Å². The Bertz CT molecular complexity index is 313. The fourth-order valence-electron chi connectivity index (χ4n) is 1.44. The molecule has 0 atom stereocenters. The van der Waals surface area contributed by atoms with Crippen LogP contribution in [0, 0.1) is 5.92 Å². The van der Waals surface area contributed by atoms with Crippen molar-refractivity contribution in [3.05, 3.63) is 29.8 Å². The van der Waals surface area contributed by atoms with Crippen molar-refractivity contribution in [2.45, 2.75) is 20.4 Å². The number of benzene rings is 1. The largest absolute Gasteiger partial charge is 0.493 e. The average Bonchev–Trinajstić information content (AvgIpc) is 2.33. The van der Waals surface area contributed by atoms with Gasteiger partial charge in [0.05, 0.1) is 13.2 Å². The van der Waals surface area contributed by atoms with Crippen LogP contribution in [0.25, 0.3) is 0 Å². The molecular formula is C14H23NO2. The third kappa shape index (κ3) is 5.71. The molecule has 0 radical (unpaired) electrons. The maximum Gasteiger partial charge on any atom is 0.123 e. The van der Waals surface area contributed by atoms with Crippen LogP contribution in [0.3, 0.4) is 0 Å². The third-order valence-electron chi connectivity index (χ3n) is 2.34. The third-order valence-corrected chi connectivity index (χ3v) is 2.34. The van der Waals surface area contributed by atoms with E-state index in [4.69, 9.17) is 9.47 Å². The molecule has 3 heteroatoms. The smallest absolute Gasteiger partial charge is 0.123 e. The lowest BCUT2D eigenvalue weighted by molar-refractivity contribution is 0.199. The summed E-state index contributed by atoms with van der Waals surface area (Å²) in [6, 6.07) is 8.16. The van der Waals surface area contributed by atoms with Gasteiger partial charge in [0.1, 0.15) is 5.75 Å². The van der Waals surface area contributed by atoms with Gasteiger partial charge in [0, 0.05) is 25.8 Å². The zero-order chi connectivity index (χ0) is 12.5. The Hall–Kier alpha value is -1.06. The SMILES string of the molecule is COCCNCc1ccccc1OCC(C)C. The summed E-state index contributed by atoms with van der Waals surface area (Å²) in [7, 11) is 1.71. The fraction of sp³-hybridized carbons (Fsp3) is 0.571. The molecule has 0 amide bonds. The highest BCUT2D eigenvalue weighted by Crippen LogP contribution is 2.18. The Kier molecular flexibility index (Phi) is 6.67. The predicted octanol–water partition coefficient (Wildman–Crippen LogP) is 2.46. The van der Waals surface area contributed by atoms with Crippen LogP contribution in [-0.4, -0.2) is 26.9 Å². The van der Waals surface area contributed by atoms with Crippen molar-refractivity contribution in [3.8, 4) is 5.75 Å². The standard InChI is InChI=1S/C14H23NO2/c1-12(2)11-17-14-7-5-4-6-13(14)10-15-8-9-16-3/h4-7,12,15H,8-11H2,1-3H3. The van der Waals surface area contributed by atoms with Gasteiger partial charge in [0.15, 0.2) is 0 Å². The molecule has 0 aliphatic heterocycles. The van der Waals surface area contributed by atoms with Gasteiger partial charge >= 0.3 is 0 Å². The summed E-state index contributed by atoms with van der Waals surface area (Å²) >= 11 is 0. The molecule has 1 rings (SSSR count). The zero-order valence-electron chi connectivity index (χ0n) is 11.0. The molecule has 1 aromatic rings. The summed E-state index contributed by atoms with van der Waals surface area (Å²) in [6.45, 7) is 7.47. The topological polar surface area (TPSA) is 30.5 Å². The first kappa shape index (κ1) is 14.0. The number of rotatable bonds is 8. The highest BCUT2D eigenvalue weighted by Gasteiger charge is 2.03. The van der Waals surface area contributed by atoms with Crippen molar-refractivity contribution in [1.29, 1.82) is 0 Å². The molecule has 0 aliphatic rings. The summed E-state index contributed by atoms with van der Waals surface area (Å²) in [5.41, 5.74) is 1.20. The van der Waals surface area contributed by atoms with E-state index in [0.717, 1.165) is 32.1 Å². The Morgan fingerprint density at radius 2 is 2.00 bits per heavy atom. The second-order valence-electron chi connectivity index (χ2n) is 4.48. The molecule has 0 bridgehead atoms. The Morgan fingerprint density at radius 1 is 1.24 bits per heavy atom. The minimum absolute atomic E-state index is 0.546. The van der Waals surface area contributed by atoms with Crippen molar-refractivity contribution in [2.24, 2.45) is 5.92 Å². The fourth-order valence-corrected chi connectivity index (χ4v) is 1.44. The summed E-state index contributed by atoms with van der Waals surface area (Å²) < 4.78 is 10.8. The van der Waals surface area contributed by atoms with Crippen LogP contribution in [0.1, 0.15) is 19.4 Å². The summed E-state index contributed by atoms with van der Waals surface area (Å²) in [4.78, 5) is 0. The van der Waals surface area contributed by atoms with Gasteiger partial charge in [-0.15, -0.1) is 0 Å². The average molecular weight is 237 g/mol. The Balaban J connectivity index is 2.46. The molecule has 0 saturated carbocycles. The molecule has 1 aromatic carbocycles. The molecule has 0 spiro atoms. The van der Waals surface area contributed by atoms with E-state index in [0.29, 0.717) is 5.92 Å². The van der Waals surface area contributed by atoms with Crippen molar-refractivity contribution in [3.63, 3.8) is 0 Å². The van der Waals surface area contributed by atoms with Crippen LogP contribution < -0.4 is 10.1 Å². The highest BCUT2D eigenvalue weighted by atomic mass is 16.5. The van der Waals surface area contributed by atoms with Gasteiger partial charge in [-0.05, 0) is 12.0 Å². The number of ether oxygens (including phenoxy) is 2. The lowest BCUT2D eigenvalue weighted by Gasteiger charge is -2.13. The number of hydrogen-bond donors (Lipinski definition) is 1. The summed E-state index contributed by atoms with van der Waals surface area (Å²) in [5, 5.41) is 3.33. The minimum Gasteiger partial charge on any atom is -0.493 e. The molecule has 1 N–H and O–H groups in total. The van der Waals surface area contributed by atoms with E-state index in [-0.39, 0.29) is 0 Å². The molecule has 0 unspecified atom stereocenters. The molecule has 96 valence electrons. The van der Waals surface area contributed by atoms with Crippen LogP contribution >= 0.6 is 0 Å². The van der Waals surface area contributed by atoms with E-state index >= 15 is 0 Å². The molecule has 0 aromatic heterocycles. The highest BCUT2D eigenvalue weighted by molar-refractivity contribution is 5.33. The number of hydrogen-bond acceptors (Lipinski definition) is 3. The van der Waals surface area contributed by atoms with Gasteiger partial charge in [-0.1, -0.05) is 32.0 Å². The molecule has 0 heterocycles. The minimum atomic E-state index is 0.546. The van der Waals surface area contributed by atoms with Crippen molar-refractivity contribution in [2.75, 3.05) is 26.9 Å². The van der Waals surface area contributed by atoms with Gasteiger partial charge in [-0.25, -0.2) is 0 Å². The first-order valence-electron chi connectivity index (χ1n) is 6.14. The Morgan fingerprint density at radius 3 is 2.71 bits per heavy atom. The summed E-state index contributed by atoms with van der Waals surface area (Å²) in [5.74, 6) is 1.52. The van der Waals surface area contributed by atoms with Gasteiger partial charge < -0.3 is 14.8 Å². The quantitative estimate of drug-likeness (QED) is 0.704. The Labute approximate surface area is 104 Å². The number of nitrogens with one attached hydrogen (secondary N) is 1. The molecule has 0 aliphatic carbocycles. The van der Waals surface area contributed by atoms with Gasteiger partial charge in [0.25, 0.3) is 0 Å². The van der Waals surface area contributed by atoms with Crippen molar-refractivity contribution >= 4 is 0 Å². The molecule has 17 heavy (non-hydrogen) atoms. The van der Waals surface area contributed by atoms with Crippen molar-refractivity contribution in [1.82, 2.24) is 5.32 Å². The van der Waals surface area contributed by atoms with Crippen LogP contribution in [0.2, 0.25) is 0 Å². The monoisotopic (exact) mass is 237 g/mol. The van der Waals surface area contributed by atoms with E-state index in [2.05, 4.69) is 25.2 Å². The first-order valence-corrected chi connectivity index (χ1v) is 6.14. The number of para-hydroxylation sites is 1. The maximum absolute atomic E-state index is 5.78.